The molecule has 118 valence electrons. The van der Waals surface area contributed by atoms with Gasteiger partial charge in [-0.3, -0.25) is 0 Å². The van der Waals surface area contributed by atoms with Gasteiger partial charge in [0.2, 0.25) is 5.13 Å². The molecule has 5 heteroatoms. The first kappa shape index (κ1) is 15.2. The van der Waals surface area contributed by atoms with Crippen LogP contribution in [0.2, 0.25) is 0 Å². The Bertz CT molecular complexity index is 459. The molecular weight excluding hydrogens is 280 g/mol. The van der Waals surface area contributed by atoms with E-state index in [2.05, 4.69) is 34.9 Å². The van der Waals surface area contributed by atoms with Crippen LogP contribution in [0.4, 0.5) is 5.13 Å². The van der Waals surface area contributed by atoms with E-state index >= 15 is 0 Å². The zero-order valence-corrected chi connectivity index (χ0v) is 14.5. The average Bonchev–Trinajstić information content (AvgIpc) is 3.07. The third-order valence-electron chi connectivity index (χ3n) is 4.61. The fourth-order valence-corrected chi connectivity index (χ4v) is 4.20. The van der Waals surface area contributed by atoms with E-state index in [1.54, 1.807) is 11.5 Å². The van der Waals surface area contributed by atoms with Gasteiger partial charge in [0.15, 0.2) is 0 Å². The molecule has 3 rings (SSSR count). The van der Waals surface area contributed by atoms with Gasteiger partial charge >= 0.3 is 0 Å². The number of aromatic nitrogens is 2. The molecule has 4 nitrogen and oxygen atoms in total. The van der Waals surface area contributed by atoms with Gasteiger partial charge in [0, 0.05) is 36.6 Å². The zero-order chi connectivity index (χ0) is 14.9. The van der Waals surface area contributed by atoms with Crippen LogP contribution in [0.1, 0.15) is 52.3 Å². The molecule has 0 aromatic carbocycles. The summed E-state index contributed by atoms with van der Waals surface area (Å²) in [5.74, 6) is 1.80. The SMILES string of the molecule is CC(C)(C)c1nsc(N2CCC(CN3CCCCC3)C2)n1. The summed E-state index contributed by atoms with van der Waals surface area (Å²) in [6.45, 7) is 12.8. The van der Waals surface area contributed by atoms with E-state index in [0.29, 0.717) is 0 Å². The van der Waals surface area contributed by atoms with Crippen molar-refractivity contribution < 1.29 is 0 Å². The number of likely N-dealkylation sites (tertiary alicyclic amines) is 1. The van der Waals surface area contributed by atoms with Gasteiger partial charge in [0.1, 0.15) is 5.82 Å². The summed E-state index contributed by atoms with van der Waals surface area (Å²) in [6.07, 6.45) is 5.51. The number of anilines is 1. The van der Waals surface area contributed by atoms with Gasteiger partial charge in [0.25, 0.3) is 0 Å². The molecule has 0 bridgehead atoms. The number of nitrogens with zero attached hydrogens (tertiary/aromatic N) is 4. The van der Waals surface area contributed by atoms with Crippen LogP contribution in [0, 0.1) is 5.92 Å². The molecule has 0 amide bonds. The number of hydrogen-bond acceptors (Lipinski definition) is 5. The maximum Gasteiger partial charge on any atom is 0.205 e. The van der Waals surface area contributed by atoms with Gasteiger partial charge in [0.05, 0.1) is 0 Å². The zero-order valence-electron chi connectivity index (χ0n) is 13.6. The van der Waals surface area contributed by atoms with E-state index in [4.69, 9.17) is 4.98 Å². The first-order valence-electron chi connectivity index (χ1n) is 8.34. The summed E-state index contributed by atoms with van der Waals surface area (Å²) in [4.78, 5) is 9.88. The lowest BCUT2D eigenvalue weighted by Crippen LogP contribution is -2.35. The minimum absolute atomic E-state index is 0.0572. The molecule has 0 N–H and O–H groups in total. The van der Waals surface area contributed by atoms with Crippen molar-refractivity contribution in [1.82, 2.24) is 14.3 Å². The second-order valence-electron chi connectivity index (χ2n) is 7.61. The summed E-state index contributed by atoms with van der Waals surface area (Å²) >= 11 is 1.57. The fraction of sp³-hybridized carbons (Fsp3) is 0.875. The predicted octanol–water partition coefficient (Wildman–Crippen LogP) is 3.15. The molecule has 2 aliphatic heterocycles. The van der Waals surface area contributed by atoms with E-state index in [-0.39, 0.29) is 5.41 Å². The Morgan fingerprint density at radius 3 is 2.57 bits per heavy atom. The van der Waals surface area contributed by atoms with E-state index in [1.165, 1.54) is 45.3 Å². The summed E-state index contributed by atoms with van der Waals surface area (Å²) < 4.78 is 4.55. The molecule has 3 heterocycles. The molecule has 1 aromatic rings. The quantitative estimate of drug-likeness (QED) is 0.858. The molecule has 0 aliphatic carbocycles. The van der Waals surface area contributed by atoms with Crippen LogP contribution in [0.5, 0.6) is 0 Å². The van der Waals surface area contributed by atoms with Gasteiger partial charge in [-0.15, -0.1) is 0 Å². The van der Waals surface area contributed by atoms with Crippen molar-refractivity contribution in [2.45, 2.75) is 51.9 Å². The first-order valence-corrected chi connectivity index (χ1v) is 9.11. The Morgan fingerprint density at radius 2 is 1.90 bits per heavy atom. The molecule has 2 saturated heterocycles. The smallest absolute Gasteiger partial charge is 0.205 e. The summed E-state index contributed by atoms with van der Waals surface area (Å²) in [6, 6.07) is 0. The van der Waals surface area contributed by atoms with Crippen molar-refractivity contribution in [2.75, 3.05) is 37.6 Å². The highest BCUT2D eigenvalue weighted by atomic mass is 32.1. The maximum atomic E-state index is 4.76. The molecule has 2 aliphatic rings. The second kappa shape index (κ2) is 6.21. The predicted molar refractivity (Wildman–Crippen MR) is 89.2 cm³/mol. The van der Waals surface area contributed by atoms with Crippen molar-refractivity contribution in [3.05, 3.63) is 5.82 Å². The van der Waals surface area contributed by atoms with Crippen molar-refractivity contribution in [1.29, 1.82) is 0 Å². The third kappa shape index (κ3) is 3.75. The highest BCUT2D eigenvalue weighted by molar-refractivity contribution is 7.09. The van der Waals surface area contributed by atoms with Gasteiger partial charge in [-0.05, 0) is 38.3 Å². The lowest BCUT2D eigenvalue weighted by Gasteiger charge is -2.28. The fourth-order valence-electron chi connectivity index (χ4n) is 3.31. The van der Waals surface area contributed by atoms with Crippen LogP contribution in [0.25, 0.3) is 0 Å². The van der Waals surface area contributed by atoms with Crippen molar-refractivity contribution in [3.63, 3.8) is 0 Å². The van der Waals surface area contributed by atoms with Gasteiger partial charge < -0.3 is 9.80 Å². The average molecular weight is 308 g/mol. The third-order valence-corrected chi connectivity index (χ3v) is 5.38. The van der Waals surface area contributed by atoms with E-state index in [9.17, 15) is 0 Å². The number of hydrogen-bond donors (Lipinski definition) is 0. The van der Waals surface area contributed by atoms with Crippen LogP contribution in [-0.2, 0) is 5.41 Å². The van der Waals surface area contributed by atoms with Crippen molar-refractivity contribution in [3.8, 4) is 0 Å². The highest BCUT2D eigenvalue weighted by Crippen LogP contribution is 2.29. The highest BCUT2D eigenvalue weighted by Gasteiger charge is 2.28. The van der Waals surface area contributed by atoms with Gasteiger partial charge in [-0.25, -0.2) is 4.98 Å². The van der Waals surface area contributed by atoms with Gasteiger partial charge in [-0.2, -0.15) is 4.37 Å². The van der Waals surface area contributed by atoms with E-state index < -0.39 is 0 Å². The number of piperidine rings is 1. The van der Waals surface area contributed by atoms with E-state index in [0.717, 1.165) is 30.0 Å². The molecule has 0 spiro atoms. The Labute approximate surface area is 132 Å². The Kier molecular flexibility index (Phi) is 4.50. The van der Waals surface area contributed by atoms with E-state index in [1.807, 2.05) is 0 Å². The minimum Gasteiger partial charge on any atom is -0.347 e. The molecule has 1 aromatic heterocycles. The van der Waals surface area contributed by atoms with Crippen LogP contribution in [0.3, 0.4) is 0 Å². The van der Waals surface area contributed by atoms with Crippen LogP contribution < -0.4 is 4.90 Å². The topological polar surface area (TPSA) is 32.3 Å². The summed E-state index contributed by atoms with van der Waals surface area (Å²) in [5, 5.41) is 1.13. The normalized spacial score (nSPS) is 24.7. The molecular formula is C16H28N4S. The summed E-state index contributed by atoms with van der Waals surface area (Å²) in [5.41, 5.74) is 0.0572. The molecule has 1 unspecified atom stereocenters. The lowest BCUT2D eigenvalue weighted by atomic mass is 9.96. The summed E-state index contributed by atoms with van der Waals surface area (Å²) in [7, 11) is 0. The largest absolute Gasteiger partial charge is 0.347 e. The number of rotatable bonds is 3. The van der Waals surface area contributed by atoms with Crippen LogP contribution in [-0.4, -0.2) is 47.0 Å². The molecule has 2 fully saturated rings. The van der Waals surface area contributed by atoms with Gasteiger partial charge in [-0.1, -0.05) is 27.2 Å². The van der Waals surface area contributed by atoms with Crippen molar-refractivity contribution in [2.24, 2.45) is 5.92 Å². The standard InChI is InChI=1S/C16H28N4S/c1-16(2,3)14-17-15(21-18-14)20-10-7-13(12-20)11-19-8-5-4-6-9-19/h13H,4-12H2,1-3H3. The monoisotopic (exact) mass is 308 g/mol. The Morgan fingerprint density at radius 1 is 1.14 bits per heavy atom. The maximum absolute atomic E-state index is 4.76. The van der Waals surface area contributed by atoms with Crippen LogP contribution in [0.15, 0.2) is 0 Å². The minimum atomic E-state index is 0.0572. The van der Waals surface area contributed by atoms with Crippen molar-refractivity contribution >= 4 is 16.7 Å². The molecule has 0 radical (unpaired) electrons. The van der Waals surface area contributed by atoms with Crippen LogP contribution >= 0.6 is 11.5 Å². The Balaban J connectivity index is 1.55. The first-order chi connectivity index (χ1) is 10.0. The molecule has 1 atom stereocenters. The Hall–Kier alpha value is -0.680. The molecule has 0 saturated carbocycles. The molecule has 21 heavy (non-hydrogen) atoms. The second-order valence-corrected chi connectivity index (χ2v) is 8.34. The lowest BCUT2D eigenvalue weighted by molar-refractivity contribution is 0.201.